The average Bonchev–Trinajstić information content (AvgIpc) is 2.57. The molecule has 0 radical (unpaired) electrons. The maximum atomic E-state index is 8.78. The average molecular weight is 308 g/mol. The molecule has 0 saturated carbocycles. The molecular weight excluding hydrogens is 280 g/mol. The van der Waals surface area contributed by atoms with Crippen molar-refractivity contribution < 1.29 is 14.6 Å². The molecule has 2 N–H and O–H groups in total. The minimum absolute atomic E-state index is 0.148. The fraction of sp³-hybridized carbons (Fsp3) is 0.647. The van der Waals surface area contributed by atoms with Gasteiger partial charge in [0.2, 0.25) is 0 Å². The molecule has 2 rings (SSSR count). The van der Waals surface area contributed by atoms with Gasteiger partial charge in [0.15, 0.2) is 11.5 Å². The summed E-state index contributed by atoms with van der Waals surface area (Å²) in [5.74, 6) is 1.56. The highest BCUT2D eigenvalue weighted by Gasteiger charge is 2.11. The second kappa shape index (κ2) is 9.66. The molecule has 5 nitrogen and oxygen atoms in total. The van der Waals surface area contributed by atoms with Gasteiger partial charge >= 0.3 is 0 Å². The molecule has 1 aliphatic rings. The van der Waals surface area contributed by atoms with Crippen LogP contribution in [0.25, 0.3) is 0 Å². The largest absolute Gasteiger partial charge is 0.493 e. The Hall–Kier alpha value is -1.30. The highest BCUT2D eigenvalue weighted by molar-refractivity contribution is 5.42. The lowest BCUT2D eigenvalue weighted by Gasteiger charge is -2.26. The molecule has 1 saturated heterocycles. The monoisotopic (exact) mass is 308 g/mol. The van der Waals surface area contributed by atoms with E-state index in [4.69, 9.17) is 14.6 Å². The number of hydrogen-bond acceptors (Lipinski definition) is 5. The van der Waals surface area contributed by atoms with Crippen molar-refractivity contribution in [1.82, 2.24) is 10.2 Å². The molecule has 1 aromatic carbocycles. The van der Waals surface area contributed by atoms with Crippen molar-refractivity contribution >= 4 is 0 Å². The summed E-state index contributed by atoms with van der Waals surface area (Å²) in [6.07, 6.45) is 3.97. The molecule has 0 spiro atoms. The van der Waals surface area contributed by atoms with E-state index in [1.807, 2.05) is 18.2 Å². The maximum absolute atomic E-state index is 8.78. The summed E-state index contributed by atoms with van der Waals surface area (Å²) in [7, 11) is 1.66. The van der Waals surface area contributed by atoms with Gasteiger partial charge in [0.25, 0.3) is 0 Å². The number of benzene rings is 1. The number of piperidine rings is 1. The van der Waals surface area contributed by atoms with Crippen LogP contribution in [-0.4, -0.2) is 56.5 Å². The van der Waals surface area contributed by atoms with E-state index in [1.54, 1.807) is 7.11 Å². The summed E-state index contributed by atoms with van der Waals surface area (Å²) in [6.45, 7) is 5.50. The number of nitrogens with zero attached hydrogens (tertiary/aromatic N) is 1. The molecule has 0 atom stereocenters. The van der Waals surface area contributed by atoms with Crippen LogP contribution in [0.5, 0.6) is 11.5 Å². The zero-order valence-electron chi connectivity index (χ0n) is 13.5. The first-order chi connectivity index (χ1) is 10.8. The molecule has 1 heterocycles. The molecule has 1 aliphatic heterocycles. The Labute approximate surface area is 133 Å². The van der Waals surface area contributed by atoms with Gasteiger partial charge in [-0.05, 0) is 43.6 Å². The van der Waals surface area contributed by atoms with Crippen LogP contribution in [-0.2, 0) is 6.54 Å². The Kier molecular flexibility index (Phi) is 7.49. The number of aliphatic hydroxyl groups excluding tert-OH is 1. The molecule has 1 aromatic rings. The topological polar surface area (TPSA) is 54.0 Å². The van der Waals surface area contributed by atoms with Gasteiger partial charge in [-0.2, -0.15) is 0 Å². The summed E-state index contributed by atoms with van der Waals surface area (Å²) < 4.78 is 11.3. The minimum Gasteiger partial charge on any atom is -0.493 e. The van der Waals surface area contributed by atoms with Gasteiger partial charge in [0.05, 0.1) is 13.7 Å². The maximum Gasteiger partial charge on any atom is 0.161 e. The van der Waals surface area contributed by atoms with Crippen molar-refractivity contribution in [3.8, 4) is 11.5 Å². The summed E-state index contributed by atoms with van der Waals surface area (Å²) in [4.78, 5) is 2.46. The molecular formula is C17H28N2O3. The Balaban J connectivity index is 1.81. The van der Waals surface area contributed by atoms with Crippen molar-refractivity contribution in [2.24, 2.45) is 0 Å². The third-order valence-electron chi connectivity index (χ3n) is 3.96. The predicted molar refractivity (Wildman–Crippen MR) is 87.6 cm³/mol. The van der Waals surface area contributed by atoms with Crippen LogP contribution in [0.1, 0.15) is 24.8 Å². The van der Waals surface area contributed by atoms with E-state index in [0.29, 0.717) is 19.7 Å². The number of likely N-dealkylation sites (tertiary alicyclic amines) is 1. The first-order valence-corrected chi connectivity index (χ1v) is 8.17. The first-order valence-electron chi connectivity index (χ1n) is 8.17. The number of nitrogens with one attached hydrogen (secondary N) is 1. The van der Waals surface area contributed by atoms with Crippen LogP contribution in [0.4, 0.5) is 0 Å². The van der Waals surface area contributed by atoms with Gasteiger partial charge in [-0.3, -0.25) is 4.90 Å². The molecule has 5 heteroatoms. The van der Waals surface area contributed by atoms with E-state index in [-0.39, 0.29) is 6.61 Å². The standard InChI is InChI=1S/C17H28N2O3/c1-21-17-13-15(14-18-7-11-20)5-6-16(17)22-12-10-19-8-3-2-4-9-19/h5-6,13,18,20H,2-4,7-12,14H2,1H3. The minimum atomic E-state index is 0.148. The van der Waals surface area contributed by atoms with Gasteiger partial charge in [-0.25, -0.2) is 0 Å². The van der Waals surface area contributed by atoms with E-state index in [2.05, 4.69) is 10.2 Å². The Morgan fingerprint density at radius 1 is 1.18 bits per heavy atom. The van der Waals surface area contributed by atoms with Crippen molar-refractivity contribution in [3.05, 3.63) is 23.8 Å². The van der Waals surface area contributed by atoms with E-state index >= 15 is 0 Å². The zero-order valence-corrected chi connectivity index (χ0v) is 13.5. The van der Waals surface area contributed by atoms with E-state index in [9.17, 15) is 0 Å². The van der Waals surface area contributed by atoms with Crippen molar-refractivity contribution in [2.75, 3.05) is 46.5 Å². The molecule has 1 fully saturated rings. The second-order valence-corrected chi connectivity index (χ2v) is 5.64. The summed E-state index contributed by atoms with van der Waals surface area (Å²) in [5.41, 5.74) is 1.12. The van der Waals surface area contributed by atoms with Crippen LogP contribution in [0.3, 0.4) is 0 Å². The van der Waals surface area contributed by atoms with Gasteiger partial charge in [-0.1, -0.05) is 12.5 Å². The smallest absolute Gasteiger partial charge is 0.161 e. The number of ether oxygens (including phenoxy) is 2. The Bertz CT molecular complexity index is 434. The number of hydrogen-bond donors (Lipinski definition) is 2. The van der Waals surface area contributed by atoms with Gasteiger partial charge < -0.3 is 19.9 Å². The molecule has 22 heavy (non-hydrogen) atoms. The van der Waals surface area contributed by atoms with Gasteiger partial charge in [-0.15, -0.1) is 0 Å². The van der Waals surface area contributed by atoms with E-state index in [0.717, 1.165) is 23.6 Å². The SMILES string of the molecule is COc1cc(CNCCO)ccc1OCCN1CCCCC1. The summed E-state index contributed by atoms with van der Waals surface area (Å²) >= 11 is 0. The van der Waals surface area contributed by atoms with Crippen LogP contribution in [0.15, 0.2) is 18.2 Å². The third-order valence-corrected chi connectivity index (χ3v) is 3.96. The van der Waals surface area contributed by atoms with Crippen LogP contribution < -0.4 is 14.8 Å². The summed E-state index contributed by atoms with van der Waals surface area (Å²) in [5, 5.41) is 11.9. The number of aliphatic hydroxyl groups is 1. The fourth-order valence-electron chi connectivity index (χ4n) is 2.72. The van der Waals surface area contributed by atoms with Crippen molar-refractivity contribution in [3.63, 3.8) is 0 Å². The lowest BCUT2D eigenvalue weighted by molar-refractivity contribution is 0.180. The second-order valence-electron chi connectivity index (χ2n) is 5.64. The highest BCUT2D eigenvalue weighted by Crippen LogP contribution is 2.28. The van der Waals surface area contributed by atoms with Gasteiger partial charge in [0.1, 0.15) is 6.61 Å². The zero-order chi connectivity index (χ0) is 15.6. The molecule has 0 amide bonds. The van der Waals surface area contributed by atoms with E-state index in [1.165, 1.54) is 32.4 Å². The number of rotatable bonds is 9. The van der Waals surface area contributed by atoms with Crippen molar-refractivity contribution in [1.29, 1.82) is 0 Å². The highest BCUT2D eigenvalue weighted by atomic mass is 16.5. The first kappa shape index (κ1) is 17.1. The molecule has 0 aliphatic carbocycles. The lowest BCUT2D eigenvalue weighted by Crippen LogP contribution is -2.33. The predicted octanol–water partition coefficient (Wildman–Crippen LogP) is 1.64. The summed E-state index contributed by atoms with van der Waals surface area (Å²) in [6, 6.07) is 5.98. The van der Waals surface area contributed by atoms with Crippen molar-refractivity contribution in [2.45, 2.75) is 25.8 Å². The Morgan fingerprint density at radius 3 is 2.73 bits per heavy atom. The van der Waals surface area contributed by atoms with Crippen LogP contribution in [0, 0.1) is 0 Å². The third kappa shape index (κ3) is 5.48. The van der Waals surface area contributed by atoms with Crippen LogP contribution >= 0.6 is 0 Å². The van der Waals surface area contributed by atoms with Crippen LogP contribution in [0.2, 0.25) is 0 Å². The quantitative estimate of drug-likeness (QED) is 0.679. The fourth-order valence-corrected chi connectivity index (χ4v) is 2.72. The number of methoxy groups -OCH3 is 1. The molecule has 0 aromatic heterocycles. The normalized spacial score (nSPS) is 15.7. The molecule has 0 unspecified atom stereocenters. The van der Waals surface area contributed by atoms with Gasteiger partial charge in [0, 0.05) is 19.6 Å². The Morgan fingerprint density at radius 2 is 2.00 bits per heavy atom. The van der Waals surface area contributed by atoms with E-state index < -0.39 is 0 Å². The molecule has 124 valence electrons. The lowest BCUT2D eigenvalue weighted by atomic mass is 10.1. The molecule has 0 bridgehead atoms.